The number of nitrogens with one attached hydrogen (secondary N) is 2. The molecule has 6 nitrogen and oxygen atoms in total. The van der Waals surface area contributed by atoms with Crippen LogP contribution in [-0.4, -0.2) is 46.4 Å². The molecule has 0 fully saturated rings. The lowest BCUT2D eigenvalue weighted by molar-refractivity contribution is 0.0936. The summed E-state index contributed by atoms with van der Waals surface area (Å²) in [5.41, 5.74) is 1.41. The number of benzene rings is 2. The van der Waals surface area contributed by atoms with Crippen LogP contribution in [0, 0.1) is 5.82 Å². The number of hydrogen-bond acceptors (Lipinski definition) is 4. The number of ether oxygens (including phenoxy) is 2. The Bertz CT molecular complexity index is 810. The molecule has 1 atom stereocenters. The third-order valence-corrected chi connectivity index (χ3v) is 4.24. The molecule has 0 radical (unpaired) electrons. The highest BCUT2D eigenvalue weighted by molar-refractivity contribution is 5.79. The van der Waals surface area contributed by atoms with Crippen molar-refractivity contribution in [3.63, 3.8) is 0 Å². The van der Waals surface area contributed by atoms with E-state index in [0.29, 0.717) is 31.3 Å². The lowest BCUT2D eigenvalue weighted by Gasteiger charge is -2.27. The molecule has 2 N–H and O–H groups in total. The lowest BCUT2D eigenvalue weighted by Crippen LogP contribution is -2.45. The minimum absolute atomic E-state index is 0.115. The SMILES string of the molecule is CN=C(NCc1ccc(N(C)C)c(F)c1)NCC1COc2ccccc2O1. The molecule has 7 heteroatoms. The molecule has 1 aliphatic heterocycles. The highest BCUT2D eigenvalue weighted by atomic mass is 19.1. The van der Waals surface area contributed by atoms with Crippen molar-refractivity contribution < 1.29 is 13.9 Å². The van der Waals surface area contributed by atoms with Crippen LogP contribution in [0.1, 0.15) is 5.56 Å². The first-order chi connectivity index (χ1) is 13.1. The third kappa shape index (κ3) is 4.81. The quantitative estimate of drug-likeness (QED) is 0.624. The molecule has 1 aliphatic rings. The molecule has 0 amide bonds. The Hall–Kier alpha value is -2.96. The van der Waals surface area contributed by atoms with Crippen molar-refractivity contribution in [2.45, 2.75) is 12.6 Å². The highest BCUT2D eigenvalue weighted by Gasteiger charge is 2.20. The summed E-state index contributed by atoms with van der Waals surface area (Å²) in [5, 5.41) is 6.40. The van der Waals surface area contributed by atoms with Crippen LogP contribution in [0.2, 0.25) is 0 Å². The van der Waals surface area contributed by atoms with Crippen molar-refractivity contribution >= 4 is 11.6 Å². The van der Waals surface area contributed by atoms with E-state index in [0.717, 1.165) is 17.1 Å². The van der Waals surface area contributed by atoms with E-state index in [1.807, 2.05) is 44.4 Å². The standard InChI is InChI=1S/C20H25FN4O2/c1-22-20(23-11-14-8-9-17(25(2)3)16(21)10-14)24-12-15-13-26-18-6-4-5-7-19(18)27-15/h4-10,15H,11-13H2,1-3H3,(H2,22,23,24). The smallest absolute Gasteiger partial charge is 0.191 e. The fourth-order valence-electron chi connectivity index (χ4n) is 2.80. The highest BCUT2D eigenvalue weighted by Crippen LogP contribution is 2.30. The van der Waals surface area contributed by atoms with Gasteiger partial charge < -0.3 is 25.0 Å². The number of guanidine groups is 1. The van der Waals surface area contributed by atoms with Gasteiger partial charge in [-0.3, -0.25) is 4.99 Å². The molecule has 0 aliphatic carbocycles. The van der Waals surface area contributed by atoms with Crippen molar-refractivity contribution in [2.24, 2.45) is 4.99 Å². The van der Waals surface area contributed by atoms with Crippen LogP contribution in [0.5, 0.6) is 11.5 Å². The van der Waals surface area contributed by atoms with Crippen molar-refractivity contribution in [2.75, 3.05) is 39.2 Å². The van der Waals surface area contributed by atoms with E-state index in [1.165, 1.54) is 6.07 Å². The van der Waals surface area contributed by atoms with E-state index in [1.54, 1.807) is 18.0 Å². The Morgan fingerprint density at radius 1 is 1.19 bits per heavy atom. The maximum atomic E-state index is 14.1. The first kappa shape index (κ1) is 18.8. The van der Waals surface area contributed by atoms with Gasteiger partial charge in [0.15, 0.2) is 17.5 Å². The Kier molecular flexibility index (Phi) is 6.01. The van der Waals surface area contributed by atoms with E-state index < -0.39 is 0 Å². The van der Waals surface area contributed by atoms with Gasteiger partial charge in [-0.15, -0.1) is 0 Å². The predicted molar refractivity (Wildman–Crippen MR) is 105 cm³/mol. The van der Waals surface area contributed by atoms with Gasteiger partial charge in [0.2, 0.25) is 0 Å². The van der Waals surface area contributed by atoms with Crippen molar-refractivity contribution in [3.8, 4) is 11.5 Å². The van der Waals surface area contributed by atoms with E-state index in [4.69, 9.17) is 9.47 Å². The summed E-state index contributed by atoms with van der Waals surface area (Å²) in [5.74, 6) is 1.89. The zero-order valence-corrected chi connectivity index (χ0v) is 15.8. The predicted octanol–water partition coefficient (Wildman–Crippen LogP) is 2.40. The molecule has 0 saturated carbocycles. The molecule has 1 unspecified atom stereocenters. The van der Waals surface area contributed by atoms with Gasteiger partial charge in [-0.05, 0) is 29.8 Å². The number of anilines is 1. The lowest BCUT2D eigenvalue weighted by atomic mass is 10.2. The average Bonchev–Trinajstić information content (AvgIpc) is 2.67. The van der Waals surface area contributed by atoms with Gasteiger partial charge in [-0.1, -0.05) is 18.2 Å². The largest absolute Gasteiger partial charge is 0.486 e. The second kappa shape index (κ2) is 8.62. The van der Waals surface area contributed by atoms with Gasteiger partial charge in [-0.25, -0.2) is 4.39 Å². The summed E-state index contributed by atoms with van der Waals surface area (Å²) in [6.45, 7) is 1.48. The number of para-hydroxylation sites is 2. The topological polar surface area (TPSA) is 58.1 Å². The van der Waals surface area contributed by atoms with E-state index in [2.05, 4.69) is 15.6 Å². The normalized spacial score (nSPS) is 16.0. The summed E-state index contributed by atoms with van der Waals surface area (Å²) < 4.78 is 25.7. The molecule has 2 aromatic rings. The second-order valence-corrected chi connectivity index (χ2v) is 6.48. The summed E-state index contributed by atoms with van der Waals surface area (Å²) in [6.07, 6.45) is -0.115. The molecule has 0 spiro atoms. The van der Waals surface area contributed by atoms with E-state index in [-0.39, 0.29) is 11.9 Å². The van der Waals surface area contributed by atoms with E-state index in [9.17, 15) is 4.39 Å². The molecule has 2 aromatic carbocycles. The zero-order chi connectivity index (χ0) is 19.2. The Morgan fingerprint density at radius 2 is 1.96 bits per heavy atom. The van der Waals surface area contributed by atoms with Crippen LogP contribution in [0.3, 0.4) is 0 Å². The molecular weight excluding hydrogens is 347 g/mol. The molecule has 0 saturated heterocycles. The fraction of sp³-hybridized carbons (Fsp3) is 0.350. The van der Waals surface area contributed by atoms with Crippen LogP contribution >= 0.6 is 0 Å². The maximum Gasteiger partial charge on any atom is 0.191 e. The average molecular weight is 372 g/mol. The van der Waals surface area contributed by atoms with Crippen molar-refractivity contribution in [3.05, 3.63) is 53.8 Å². The summed E-state index contributed by atoms with van der Waals surface area (Å²) in [4.78, 5) is 5.94. The monoisotopic (exact) mass is 372 g/mol. The molecule has 3 rings (SSSR count). The van der Waals surface area contributed by atoms with Gasteiger partial charge in [0.25, 0.3) is 0 Å². The Labute approximate surface area is 159 Å². The summed E-state index contributed by atoms with van der Waals surface area (Å²) >= 11 is 0. The van der Waals surface area contributed by atoms with Crippen LogP contribution in [0.25, 0.3) is 0 Å². The first-order valence-corrected chi connectivity index (χ1v) is 8.85. The Balaban J connectivity index is 1.50. The molecule has 27 heavy (non-hydrogen) atoms. The number of hydrogen-bond donors (Lipinski definition) is 2. The van der Waals surface area contributed by atoms with Crippen molar-refractivity contribution in [1.29, 1.82) is 0 Å². The Morgan fingerprint density at radius 3 is 2.67 bits per heavy atom. The number of halogens is 1. The van der Waals surface area contributed by atoms with Gasteiger partial charge in [0.1, 0.15) is 18.5 Å². The molecule has 144 valence electrons. The number of aliphatic imine (C=N–C) groups is 1. The van der Waals surface area contributed by atoms with Crippen LogP contribution in [-0.2, 0) is 6.54 Å². The number of nitrogens with zero attached hydrogens (tertiary/aromatic N) is 2. The maximum absolute atomic E-state index is 14.1. The number of fused-ring (bicyclic) bond motifs is 1. The molecular formula is C20H25FN4O2. The van der Waals surface area contributed by atoms with Gasteiger partial charge in [0.05, 0.1) is 12.2 Å². The van der Waals surface area contributed by atoms with E-state index >= 15 is 0 Å². The minimum atomic E-state index is -0.242. The summed E-state index contributed by atoms with van der Waals surface area (Å²) in [7, 11) is 5.33. The minimum Gasteiger partial charge on any atom is -0.486 e. The molecule has 0 aromatic heterocycles. The van der Waals surface area contributed by atoms with Gasteiger partial charge >= 0.3 is 0 Å². The van der Waals surface area contributed by atoms with Crippen LogP contribution in [0.4, 0.5) is 10.1 Å². The molecule has 0 bridgehead atoms. The third-order valence-electron chi connectivity index (χ3n) is 4.24. The van der Waals surface area contributed by atoms with Crippen LogP contribution in [0.15, 0.2) is 47.5 Å². The second-order valence-electron chi connectivity index (χ2n) is 6.48. The van der Waals surface area contributed by atoms with Crippen LogP contribution < -0.4 is 25.0 Å². The molecule has 1 heterocycles. The fourth-order valence-corrected chi connectivity index (χ4v) is 2.80. The summed E-state index contributed by atoms with van der Waals surface area (Å²) in [6, 6.07) is 12.8. The zero-order valence-electron chi connectivity index (χ0n) is 15.8. The van der Waals surface area contributed by atoms with Gasteiger partial charge in [0, 0.05) is 27.7 Å². The number of rotatable bonds is 5. The van der Waals surface area contributed by atoms with Gasteiger partial charge in [-0.2, -0.15) is 0 Å². The first-order valence-electron chi connectivity index (χ1n) is 8.85. The van der Waals surface area contributed by atoms with Crippen molar-refractivity contribution in [1.82, 2.24) is 10.6 Å².